The maximum absolute atomic E-state index is 3.70. The lowest BCUT2D eigenvalue weighted by molar-refractivity contribution is 1.42. The van der Waals surface area contributed by atoms with E-state index in [0.29, 0.717) is 0 Å². The minimum absolute atomic E-state index is 1.00. The van der Waals surface area contributed by atoms with Crippen LogP contribution in [0.15, 0.2) is 42.8 Å². The minimum atomic E-state index is 1.00. The number of thioether (sulfide) groups is 1. The zero-order valence-electron chi connectivity index (χ0n) is 6.99. The molecule has 0 heterocycles. The van der Waals surface area contributed by atoms with Crippen LogP contribution in [0.25, 0.3) is 6.08 Å². The van der Waals surface area contributed by atoms with Gasteiger partial charge in [0, 0.05) is 5.75 Å². The number of hydrogen-bond donors (Lipinski definition) is 0. The van der Waals surface area contributed by atoms with E-state index in [1.807, 2.05) is 11.5 Å². The monoisotopic (exact) mass is 176 g/mol. The molecular weight excluding hydrogens is 164 g/mol. The third-order valence-electron chi connectivity index (χ3n) is 1.58. The molecule has 0 N–H and O–H groups in total. The molecule has 1 rings (SSSR count). The summed E-state index contributed by atoms with van der Waals surface area (Å²) in [6.45, 7) is 7.36. The quantitative estimate of drug-likeness (QED) is 0.674. The summed E-state index contributed by atoms with van der Waals surface area (Å²) < 4.78 is 0. The normalized spacial score (nSPS) is 9.33. The molecule has 0 aliphatic heterocycles. The highest BCUT2D eigenvalue weighted by Gasteiger charge is 1.90. The van der Waals surface area contributed by atoms with Gasteiger partial charge in [-0.05, 0) is 16.5 Å². The van der Waals surface area contributed by atoms with Crippen molar-refractivity contribution in [1.82, 2.24) is 0 Å². The molecule has 0 aliphatic rings. The highest BCUT2D eigenvalue weighted by molar-refractivity contribution is 8.01. The lowest BCUT2D eigenvalue weighted by Gasteiger charge is -1.98. The van der Waals surface area contributed by atoms with Crippen molar-refractivity contribution in [1.29, 1.82) is 0 Å². The van der Waals surface area contributed by atoms with Gasteiger partial charge >= 0.3 is 0 Å². The molecule has 1 aromatic rings. The Hall–Kier alpha value is -0.950. The first-order valence-corrected chi connectivity index (χ1v) is 4.85. The van der Waals surface area contributed by atoms with Gasteiger partial charge < -0.3 is 0 Å². The van der Waals surface area contributed by atoms with Crippen molar-refractivity contribution in [2.45, 2.75) is 5.75 Å². The van der Waals surface area contributed by atoms with E-state index in [0.717, 1.165) is 5.75 Å². The Morgan fingerprint density at radius 3 is 2.33 bits per heavy atom. The Morgan fingerprint density at radius 2 is 1.83 bits per heavy atom. The van der Waals surface area contributed by atoms with Crippen LogP contribution >= 0.6 is 11.8 Å². The van der Waals surface area contributed by atoms with Crippen LogP contribution < -0.4 is 0 Å². The highest BCUT2D eigenvalue weighted by atomic mass is 32.2. The largest absolute Gasteiger partial charge is 0.130 e. The maximum Gasteiger partial charge on any atom is 0.0225 e. The van der Waals surface area contributed by atoms with E-state index in [4.69, 9.17) is 0 Å². The molecule has 0 fully saturated rings. The van der Waals surface area contributed by atoms with Gasteiger partial charge in [0.15, 0.2) is 0 Å². The SMILES string of the molecule is C=CSCc1ccc(C=C)cc1. The van der Waals surface area contributed by atoms with Gasteiger partial charge in [-0.25, -0.2) is 0 Å². The first-order valence-electron chi connectivity index (χ1n) is 3.80. The molecule has 0 aliphatic carbocycles. The Bertz CT molecular complexity index is 259. The van der Waals surface area contributed by atoms with Gasteiger partial charge in [-0.2, -0.15) is 0 Å². The fraction of sp³-hybridized carbons (Fsp3) is 0.0909. The third kappa shape index (κ3) is 2.59. The first kappa shape index (κ1) is 9.14. The average molecular weight is 176 g/mol. The van der Waals surface area contributed by atoms with Gasteiger partial charge in [0.2, 0.25) is 0 Å². The summed E-state index contributed by atoms with van der Waals surface area (Å²) in [4.78, 5) is 0. The number of hydrogen-bond acceptors (Lipinski definition) is 1. The van der Waals surface area contributed by atoms with E-state index in [-0.39, 0.29) is 0 Å². The second-order valence-electron chi connectivity index (χ2n) is 2.42. The molecule has 0 saturated heterocycles. The summed E-state index contributed by atoms with van der Waals surface area (Å²) >= 11 is 1.71. The molecule has 0 bridgehead atoms. The predicted octanol–water partition coefficient (Wildman–Crippen LogP) is 3.71. The number of rotatable bonds is 4. The molecule has 0 nitrogen and oxygen atoms in total. The molecule has 0 atom stereocenters. The second-order valence-corrected chi connectivity index (χ2v) is 3.38. The Balaban J connectivity index is 2.64. The van der Waals surface area contributed by atoms with Gasteiger partial charge in [0.25, 0.3) is 0 Å². The van der Waals surface area contributed by atoms with Crippen LogP contribution in [0.4, 0.5) is 0 Å². The lowest BCUT2D eigenvalue weighted by atomic mass is 10.1. The van der Waals surface area contributed by atoms with Gasteiger partial charge in [-0.3, -0.25) is 0 Å². The van der Waals surface area contributed by atoms with E-state index in [2.05, 4.69) is 37.4 Å². The smallest absolute Gasteiger partial charge is 0.0225 e. The highest BCUT2D eigenvalue weighted by Crippen LogP contribution is 2.13. The fourth-order valence-electron chi connectivity index (χ4n) is 0.905. The van der Waals surface area contributed by atoms with E-state index in [9.17, 15) is 0 Å². The van der Waals surface area contributed by atoms with Gasteiger partial charge in [0.1, 0.15) is 0 Å². The fourth-order valence-corrected chi connectivity index (χ4v) is 1.41. The van der Waals surface area contributed by atoms with Crippen molar-refractivity contribution in [3.8, 4) is 0 Å². The van der Waals surface area contributed by atoms with Gasteiger partial charge in [0.05, 0.1) is 0 Å². The van der Waals surface area contributed by atoms with E-state index in [1.165, 1.54) is 11.1 Å². The summed E-state index contributed by atoms with van der Waals surface area (Å²) in [6, 6.07) is 8.39. The van der Waals surface area contributed by atoms with Crippen LogP contribution in [0, 0.1) is 0 Å². The third-order valence-corrected chi connectivity index (χ3v) is 2.32. The van der Waals surface area contributed by atoms with Crippen molar-refractivity contribution in [2.75, 3.05) is 0 Å². The molecule has 0 aromatic heterocycles. The molecule has 0 unspecified atom stereocenters. The average Bonchev–Trinajstić information content (AvgIpc) is 2.15. The summed E-state index contributed by atoms with van der Waals surface area (Å²) in [5, 5.41) is 1.86. The molecule has 62 valence electrons. The van der Waals surface area contributed by atoms with Crippen molar-refractivity contribution < 1.29 is 0 Å². The van der Waals surface area contributed by atoms with E-state index >= 15 is 0 Å². The Morgan fingerprint density at radius 1 is 1.17 bits per heavy atom. The van der Waals surface area contributed by atoms with Crippen LogP contribution in [-0.4, -0.2) is 0 Å². The summed E-state index contributed by atoms with van der Waals surface area (Å²) in [6.07, 6.45) is 1.85. The van der Waals surface area contributed by atoms with Crippen molar-refractivity contribution >= 4 is 17.8 Å². The van der Waals surface area contributed by atoms with Crippen molar-refractivity contribution in [2.24, 2.45) is 0 Å². The lowest BCUT2D eigenvalue weighted by Crippen LogP contribution is -1.78. The number of benzene rings is 1. The summed E-state index contributed by atoms with van der Waals surface area (Å²) in [5.41, 5.74) is 2.49. The van der Waals surface area contributed by atoms with Crippen LogP contribution in [0.1, 0.15) is 11.1 Å². The first-order chi connectivity index (χ1) is 5.86. The molecule has 0 saturated carbocycles. The zero-order valence-corrected chi connectivity index (χ0v) is 7.81. The Labute approximate surface area is 78.0 Å². The standard InChI is InChI=1S/C11H12S/c1-3-10-5-7-11(8-6-10)9-12-4-2/h3-8H,1-2,9H2. The Kier molecular flexibility index (Phi) is 3.68. The zero-order chi connectivity index (χ0) is 8.81. The van der Waals surface area contributed by atoms with Gasteiger partial charge in [-0.15, -0.1) is 11.8 Å². The summed E-state index contributed by atoms with van der Waals surface area (Å²) in [5.74, 6) is 1.00. The van der Waals surface area contributed by atoms with Crippen LogP contribution in [-0.2, 0) is 5.75 Å². The molecule has 0 amide bonds. The molecular formula is C11H12S. The van der Waals surface area contributed by atoms with Crippen LogP contribution in [0.3, 0.4) is 0 Å². The van der Waals surface area contributed by atoms with Gasteiger partial charge in [-0.1, -0.05) is 43.5 Å². The minimum Gasteiger partial charge on any atom is -0.130 e. The maximum atomic E-state index is 3.70. The van der Waals surface area contributed by atoms with E-state index in [1.54, 1.807) is 11.8 Å². The van der Waals surface area contributed by atoms with Crippen LogP contribution in [0.5, 0.6) is 0 Å². The van der Waals surface area contributed by atoms with Crippen LogP contribution in [0.2, 0.25) is 0 Å². The molecule has 12 heavy (non-hydrogen) atoms. The topological polar surface area (TPSA) is 0 Å². The molecule has 1 aromatic carbocycles. The second kappa shape index (κ2) is 4.83. The molecule has 0 radical (unpaired) electrons. The van der Waals surface area contributed by atoms with E-state index < -0.39 is 0 Å². The van der Waals surface area contributed by atoms with Crippen molar-refractivity contribution in [3.05, 3.63) is 54.0 Å². The predicted molar refractivity (Wildman–Crippen MR) is 58.0 cm³/mol. The molecule has 1 heteroatoms. The summed E-state index contributed by atoms with van der Waals surface area (Å²) in [7, 11) is 0. The molecule has 0 spiro atoms. The van der Waals surface area contributed by atoms with Crippen molar-refractivity contribution in [3.63, 3.8) is 0 Å².